The van der Waals surface area contributed by atoms with Gasteiger partial charge in [0.05, 0.1) is 12.1 Å². The van der Waals surface area contributed by atoms with Crippen LogP contribution in [0.25, 0.3) is 0 Å². The molecular formula is C15H13F3N2O. The van der Waals surface area contributed by atoms with Crippen molar-refractivity contribution in [2.75, 3.05) is 5.32 Å². The molecule has 2 rings (SSSR count). The molecule has 0 bridgehead atoms. The summed E-state index contributed by atoms with van der Waals surface area (Å²) in [4.78, 5) is 11.9. The first kappa shape index (κ1) is 15.1. The lowest BCUT2D eigenvalue weighted by Gasteiger charge is -2.09. The van der Waals surface area contributed by atoms with Gasteiger partial charge in [0.25, 0.3) is 0 Å². The van der Waals surface area contributed by atoms with Crippen LogP contribution in [0.3, 0.4) is 0 Å². The van der Waals surface area contributed by atoms with Gasteiger partial charge in [-0.15, -0.1) is 0 Å². The van der Waals surface area contributed by atoms with Crippen molar-refractivity contribution in [2.45, 2.75) is 13.0 Å². The first-order valence-electron chi connectivity index (χ1n) is 6.22. The molecular weight excluding hydrogens is 281 g/mol. The fourth-order valence-corrected chi connectivity index (χ4v) is 1.91. The molecule has 21 heavy (non-hydrogen) atoms. The van der Waals surface area contributed by atoms with Crippen LogP contribution in [0, 0.1) is 17.5 Å². The van der Waals surface area contributed by atoms with Gasteiger partial charge in [-0.1, -0.05) is 24.3 Å². The average molecular weight is 294 g/mol. The topological polar surface area (TPSA) is 55.1 Å². The monoisotopic (exact) mass is 294 g/mol. The fraction of sp³-hybridized carbons (Fsp3) is 0.133. The Balaban J connectivity index is 2.14. The number of rotatable bonds is 4. The number of benzene rings is 2. The molecule has 0 atom stereocenters. The lowest BCUT2D eigenvalue weighted by atomic mass is 10.0. The minimum Gasteiger partial charge on any atom is -0.326 e. The molecule has 0 aliphatic heterocycles. The zero-order chi connectivity index (χ0) is 15.4. The van der Waals surface area contributed by atoms with E-state index in [2.05, 4.69) is 5.32 Å². The van der Waals surface area contributed by atoms with Crippen LogP contribution in [0.1, 0.15) is 11.1 Å². The lowest BCUT2D eigenvalue weighted by molar-refractivity contribution is -0.115. The summed E-state index contributed by atoms with van der Waals surface area (Å²) in [5.74, 6) is -4.11. The first-order chi connectivity index (χ1) is 10.0. The van der Waals surface area contributed by atoms with Crippen molar-refractivity contribution < 1.29 is 18.0 Å². The molecule has 1 amide bonds. The third kappa shape index (κ3) is 3.61. The van der Waals surface area contributed by atoms with Crippen LogP contribution < -0.4 is 11.1 Å². The van der Waals surface area contributed by atoms with Gasteiger partial charge in [0.2, 0.25) is 5.91 Å². The van der Waals surface area contributed by atoms with E-state index in [9.17, 15) is 18.0 Å². The van der Waals surface area contributed by atoms with Gasteiger partial charge in [0, 0.05) is 18.7 Å². The predicted octanol–water partition coefficient (Wildman–Crippen LogP) is 2.74. The van der Waals surface area contributed by atoms with Crippen LogP contribution in [0.2, 0.25) is 0 Å². The highest BCUT2D eigenvalue weighted by atomic mass is 19.2. The van der Waals surface area contributed by atoms with Crippen molar-refractivity contribution >= 4 is 11.6 Å². The second kappa shape index (κ2) is 6.41. The van der Waals surface area contributed by atoms with E-state index in [4.69, 9.17) is 5.73 Å². The minimum absolute atomic E-state index is 0.0359. The highest BCUT2D eigenvalue weighted by Gasteiger charge is 2.13. The quantitative estimate of drug-likeness (QED) is 0.852. The Morgan fingerprint density at radius 1 is 1.00 bits per heavy atom. The number of nitrogens with one attached hydrogen (secondary N) is 1. The Morgan fingerprint density at radius 3 is 2.29 bits per heavy atom. The third-order valence-electron chi connectivity index (χ3n) is 2.97. The molecule has 0 unspecified atom stereocenters. The van der Waals surface area contributed by atoms with E-state index >= 15 is 0 Å². The summed E-state index contributed by atoms with van der Waals surface area (Å²) in [6.45, 7) is 0.267. The first-order valence-corrected chi connectivity index (χ1v) is 6.22. The van der Waals surface area contributed by atoms with Crippen LogP contribution >= 0.6 is 0 Å². The number of amides is 1. The summed E-state index contributed by atoms with van der Waals surface area (Å²) in [6.07, 6.45) is -0.0359. The molecule has 0 fully saturated rings. The van der Waals surface area contributed by atoms with E-state index in [1.165, 1.54) is 0 Å². The van der Waals surface area contributed by atoms with E-state index in [-0.39, 0.29) is 13.0 Å². The number of nitrogens with two attached hydrogens (primary N) is 1. The van der Waals surface area contributed by atoms with Gasteiger partial charge in [0.15, 0.2) is 11.6 Å². The third-order valence-corrected chi connectivity index (χ3v) is 2.97. The summed E-state index contributed by atoms with van der Waals surface area (Å²) >= 11 is 0. The standard InChI is InChI=1S/C15H13F3N2O/c16-11-6-13(18)14(7-12(11)17)20-15(21)5-9-3-1-2-4-10(9)8-19/h1-4,6-7H,5,8,19H2,(H,20,21). The number of carbonyl (C=O) groups excluding carboxylic acids is 1. The highest BCUT2D eigenvalue weighted by molar-refractivity contribution is 5.92. The predicted molar refractivity (Wildman–Crippen MR) is 73.0 cm³/mol. The van der Waals surface area contributed by atoms with Gasteiger partial charge >= 0.3 is 0 Å². The number of halogens is 3. The summed E-state index contributed by atoms with van der Waals surface area (Å²) in [5.41, 5.74) is 6.64. The molecule has 0 saturated carbocycles. The number of anilines is 1. The molecule has 6 heteroatoms. The van der Waals surface area contributed by atoms with Gasteiger partial charge in [0.1, 0.15) is 5.82 Å². The van der Waals surface area contributed by atoms with Crippen molar-refractivity contribution in [1.82, 2.24) is 0 Å². The van der Waals surface area contributed by atoms with Gasteiger partial charge in [-0.25, -0.2) is 13.2 Å². The highest BCUT2D eigenvalue weighted by Crippen LogP contribution is 2.19. The van der Waals surface area contributed by atoms with E-state index < -0.39 is 29.0 Å². The summed E-state index contributed by atoms with van der Waals surface area (Å²) in [5, 5.41) is 2.22. The second-order valence-electron chi connectivity index (χ2n) is 4.44. The Morgan fingerprint density at radius 2 is 1.62 bits per heavy atom. The van der Waals surface area contributed by atoms with Gasteiger partial charge in [-0.2, -0.15) is 0 Å². The van der Waals surface area contributed by atoms with Gasteiger partial charge in [-0.3, -0.25) is 4.79 Å². The maximum absolute atomic E-state index is 13.4. The number of carbonyl (C=O) groups is 1. The van der Waals surface area contributed by atoms with Crippen LogP contribution in [0.4, 0.5) is 18.9 Å². The zero-order valence-electron chi connectivity index (χ0n) is 11.0. The van der Waals surface area contributed by atoms with Crippen LogP contribution in [0.15, 0.2) is 36.4 Å². The van der Waals surface area contributed by atoms with E-state index in [1.54, 1.807) is 24.3 Å². The largest absolute Gasteiger partial charge is 0.326 e. The molecule has 0 spiro atoms. The van der Waals surface area contributed by atoms with Crippen molar-refractivity contribution in [1.29, 1.82) is 0 Å². The fourth-order valence-electron chi connectivity index (χ4n) is 1.91. The normalized spacial score (nSPS) is 10.5. The Bertz CT molecular complexity index is 674. The number of hydrogen-bond acceptors (Lipinski definition) is 2. The Hall–Kier alpha value is -2.34. The molecule has 0 heterocycles. The molecule has 0 aliphatic carbocycles. The van der Waals surface area contributed by atoms with Crippen molar-refractivity contribution in [3.63, 3.8) is 0 Å². The van der Waals surface area contributed by atoms with E-state index in [1.807, 2.05) is 0 Å². The van der Waals surface area contributed by atoms with Crippen LogP contribution in [0.5, 0.6) is 0 Å². The summed E-state index contributed by atoms with van der Waals surface area (Å²) in [6, 6.07) is 8.04. The van der Waals surface area contributed by atoms with E-state index in [0.717, 1.165) is 5.56 Å². The smallest absolute Gasteiger partial charge is 0.228 e. The lowest BCUT2D eigenvalue weighted by Crippen LogP contribution is -2.17. The molecule has 0 radical (unpaired) electrons. The summed E-state index contributed by atoms with van der Waals surface area (Å²) in [7, 11) is 0. The molecule has 2 aromatic carbocycles. The number of hydrogen-bond donors (Lipinski definition) is 2. The van der Waals surface area contributed by atoms with Crippen LogP contribution in [-0.4, -0.2) is 5.91 Å². The Kier molecular flexibility index (Phi) is 4.59. The van der Waals surface area contributed by atoms with Crippen molar-refractivity contribution in [3.05, 3.63) is 65.0 Å². The maximum atomic E-state index is 13.4. The average Bonchev–Trinajstić information content (AvgIpc) is 2.45. The van der Waals surface area contributed by atoms with Crippen molar-refractivity contribution in [2.24, 2.45) is 5.73 Å². The molecule has 0 saturated heterocycles. The summed E-state index contributed by atoms with van der Waals surface area (Å²) < 4.78 is 39.3. The van der Waals surface area contributed by atoms with Crippen LogP contribution in [-0.2, 0) is 17.8 Å². The molecule has 0 aromatic heterocycles. The molecule has 3 N–H and O–H groups in total. The molecule has 0 aliphatic rings. The SMILES string of the molecule is NCc1ccccc1CC(=O)Nc1cc(F)c(F)cc1F. The molecule has 3 nitrogen and oxygen atoms in total. The van der Waals surface area contributed by atoms with Gasteiger partial charge in [-0.05, 0) is 11.1 Å². The van der Waals surface area contributed by atoms with E-state index in [0.29, 0.717) is 17.7 Å². The van der Waals surface area contributed by atoms with Crippen molar-refractivity contribution in [3.8, 4) is 0 Å². The maximum Gasteiger partial charge on any atom is 0.228 e. The molecule has 2 aromatic rings. The second-order valence-corrected chi connectivity index (χ2v) is 4.44. The molecule has 110 valence electrons. The van der Waals surface area contributed by atoms with Gasteiger partial charge < -0.3 is 11.1 Å². The minimum atomic E-state index is -1.31. The Labute approximate surface area is 119 Å². The zero-order valence-corrected chi connectivity index (χ0v) is 11.0.